The van der Waals surface area contributed by atoms with Gasteiger partial charge in [0.05, 0.1) is 0 Å². The van der Waals surface area contributed by atoms with Crippen molar-refractivity contribution in [2.75, 3.05) is 5.32 Å². The highest BCUT2D eigenvalue weighted by atomic mass is 32.1. The van der Waals surface area contributed by atoms with Gasteiger partial charge in [-0.15, -0.1) is 11.3 Å². The van der Waals surface area contributed by atoms with Crippen LogP contribution in [-0.2, 0) is 6.61 Å². The topological polar surface area (TPSA) is 51.2 Å². The number of amides is 1. The number of nitrogens with zero attached hydrogens (tertiary/aromatic N) is 1. The van der Waals surface area contributed by atoms with Crippen molar-refractivity contribution < 1.29 is 9.53 Å². The maximum Gasteiger partial charge on any atom is 0.255 e. The summed E-state index contributed by atoms with van der Waals surface area (Å²) in [5.74, 6) is 0.584. The van der Waals surface area contributed by atoms with Crippen LogP contribution >= 0.6 is 11.3 Å². The van der Waals surface area contributed by atoms with Gasteiger partial charge in [-0.1, -0.05) is 6.07 Å². The molecule has 0 aliphatic heterocycles. The standard InChI is InChI=1S/C20H20N2O2S/c1-13-4-7-17(10-14(13)2)22-20(23)16-5-8-18(9-6-16)24-11-19-21-15(3)12-25-19/h4-10,12H,11H2,1-3H3,(H,22,23). The summed E-state index contributed by atoms with van der Waals surface area (Å²) in [5, 5.41) is 5.86. The van der Waals surface area contributed by atoms with E-state index < -0.39 is 0 Å². The molecule has 3 aromatic rings. The molecule has 0 fully saturated rings. The molecule has 5 heteroatoms. The van der Waals surface area contributed by atoms with Gasteiger partial charge in [0.2, 0.25) is 0 Å². The molecular weight excluding hydrogens is 332 g/mol. The molecule has 0 atom stereocenters. The van der Waals surface area contributed by atoms with Crippen molar-refractivity contribution in [3.05, 3.63) is 75.2 Å². The van der Waals surface area contributed by atoms with Gasteiger partial charge in [0.1, 0.15) is 17.4 Å². The lowest BCUT2D eigenvalue weighted by atomic mass is 10.1. The number of aryl methyl sites for hydroxylation is 3. The van der Waals surface area contributed by atoms with Crippen LogP contribution in [0.3, 0.4) is 0 Å². The molecule has 4 nitrogen and oxygen atoms in total. The molecule has 25 heavy (non-hydrogen) atoms. The van der Waals surface area contributed by atoms with E-state index in [0.717, 1.165) is 27.7 Å². The fourth-order valence-electron chi connectivity index (χ4n) is 2.34. The van der Waals surface area contributed by atoms with Crippen molar-refractivity contribution >= 4 is 22.9 Å². The number of carbonyl (C=O) groups excluding carboxylic acids is 1. The highest BCUT2D eigenvalue weighted by Gasteiger charge is 2.07. The molecule has 0 radical (unpaired) electrons. The van der Waals surface area contributed by atoms with Gasteiger partial charge < -0.3 is 10.1 Å². The van der Waals surface area contributed by atoms with Crippen LogP contribution in [-0.4, -0.2) is 10.9 Å². The Morgan fingerprint density at radius 1 is 1.08 bits per heavy atom. The Hall–Kier alpha value is -2.66. The largest absolute Gasteiger partial charge is 0.486 e. The maximum atomic E-state index is 12.3. The zero-order valence-electron chi connectivity index (χ0n) is 14.5. The first kappa shape index (κ1) is 17.2. The molecule has 1 N–H and O–H groups in total. The smallest absolute Gasteiger partial charge is 0.255 e. The van der Waals surface area contributed by atoms with E-state index in [1.165, 1.54) is 5.56 Å². The molecule has 0 aliphatic rings. The fourth-order valence-corrected chi connectivity index (χ4v) is 3.02. The van der Waals surface area contributed by atoms with Gasteiger partial charge in [0, 0.05) is 22.3 Å². The van der Waals surface area contributed by atoms with Crippen LogP contribution in [0.5, 0.6) is 5.75 Å². The summed E-state index contributed by atoms with van der Waals surface area (Å²) in [5.41, 5.74) is 4.75. The number of carbonyl (C=O) groups is 1. The van der Waals surface area contributed by atoms with Crippen molar-refractivity contribution in [2.45, 2.75) is 27.4 Å². The Balaban J connectivity index is 1.60. The molecule has 1 amide bonds. The van der Waals surface area contributed by atoms with E-state index in [0.29, 0.717) is 12.2 Å². The first-order valence-electron chi connectivity index (χ1n) is 8.04. The summed E-state index contributed by atoms with van der Waals surface area (Å²) in [6, 6.07) is 13.0. The quantitative estimate of drug-likeness (QED) is 0.710. The molecule has 0 saturated carbocycles. The van der Waals surface area contributed by atoms with Crippen LogP contribution in [0, 0.1) is 20.8 Å². The Labute approximate surface area is 151 Å². The highest BCUT2D eigenvalue weighted by Crippen LogP contribution is 2.18. The normalized spacial score (nSPS) is 10.5. The average molecular weight is 352 g/mol. The Kier molecular flexibility index (Phi) is 5.14. The third-order valence-electron chi connectivity index (χ3n) is 3.91. The lowest BCUT2D eigenvalue weighted by Crippen LogP contribution is -2.12. The zero-order valence-corrected chi connectivity index (χ0v) is 15.3. The van der Waals surface area contributed by atoms with Gasteiger partial charge in [-0.2, -0.15) is 0 Å². The van der Waals surface area contributed by atoms with Gasteiger partial charge in [0.15, 0.2) is 0 Å². The average Bonchev–Trinajstić information content (AvgIpc) is 3.02. The van der Waals surface area contributed by atoms with Crippen molar-refractivity contribution in [1.82, 2.24) is 4.98 Å². The first-order chi connectivity index (χ1) is 12.0. The second-order valence-corrected chi connectivity index (χ2v) is 6.89. The van der Waals surface area contributed by atoms with E-state index in [-0.39, 0.29) is 5.91 Å². The summed E-state index contributed by atoms with van der Waals surface area (Å²) >= 11 is 1.58. The number of rotatable bonds is 5. The SMILES string of the molecule is Cc1csc(COc2ccc(C(=O)Nc3ccc(C)c(C)c3)cc2)n1. The van der Waals surface area contributed by atoms with E-state index in [4.69, 9.17) is 4.74 Å². The monoisotopic (exact) mass is 352 g/mol. The highest BCUT2D eigenvalue weighted by molar-refractivity contribution is 7.09. The molecular formula is C20H20N2O2S. The number of ether oxygens (including phenoxy) is 1. The van der Waals surface area contributed by atoms with E-state index in [1.807, 2.05) is 44.4 Å². The minimum absolute atomic E-state index is 0.134. The Morgan fingerprint density at radius 2 is 1.84 bits per heavy atom. The minimum Gasteiger partial charge on any atom is -0.486 e. The van der Waals surface area contributed by atoms with Gasteiger partial charge >= 0.3 is 0 Å². The molecule has 0 aliphatic carbocycles. The van der Waals surface area contributed by atoms with Crippen LogP contribution in [0.1, 0.15) is 32.2 Å². The zero-order chi connectivity index (χ0) is 17.8. The van der Waals surface area contributed by atoms with Crippen molar-refractivity contribution in [3.63, 3.8) is 0 Å². The summed E-state index contributed by atoms with van der Waals surface area (Å²) in [6.07, 6.45) is 0. The Bertz CT molecular complexity index is 885. The minimum atomic E-state index is -0.134. The number of nitrogens with one attached hydrogen (secondary N) is 1. The molecule has 2 aromatic carbocycles. The van der Waals surface area contributed by atoms with E-state index in [1.54, 1.807) is 35.6 Å². The van der Waals surface area contributed by atoms with Gasteiger partial charge in [0.25, 0.3) is 5.91 Å². The molecule has 3 rings (SSSR count). The summed E-state index contributed by atoms with van der Waals surface area (Å²) in [4.78, 5) is 16.7. The van der Waals surface area contributed by atoms with Crippen molar-refractivity contribution in [3.8, 4) is 5.75 Å². The van der Waals surface area contributed by atoms with Gasteiger partial charge in [-0.3, -0.25) is 4.79 Å². The molecule has 128 valence electrons. The van der Waals surface area contributed by atoms with E-state index in [2.05, 4.69) is 10.3 Å². The van der Waals surface area contributed by atoms with Gasteiger partial charge in [-0.05, 0) is 68.3 Å². The predicted molar refractivity (Wildman–Crippen MR) is 101 cm³/mol. The molecule has 0 bridgehead atoms. The summed E-state index contributed by atoms with van der Waals surface area (Å²) in [6.45, 7) is 6.48. The summed E-state index contributed by atoms with van der Waals surface area (Å²) < 4.78 is 5.70. The number of hydrogen-bond acceptors (Lipinski definition) is 4. The predicted octanol–water partition coefficient (Wildman–Crippen LogP) is 4.90. The van der Waals surface area contributed by atoms with Gasteiger partial charge in [-0.25, -0.2) is 4.98 Å². The number of hydrogen-bond donors (Lipinski definition) is 1. The first-order valence-corrected chi connectivity index (χ1v) is 8.92. The fraction of sp³-hybridized carbons (Fsp3) is 0.200. The molecule has 1 aromatic heterocycles. The molecule has 0 spiro atoms. The van der Waals surface area contributed by atoms with Crippen LogP contribution in [0.15, 0.2) is 47.8 Å². The van der Waals surface area contributed by atoms with Crippen LogP contribution in [0.4, 0.5) is 5.69 Å². The van der Waals surface area contributed by atoms with Crippen LogP contribution in [0.25, 0.3) is 0 Å². The van der Waals surface area contributed by atoms with Crippen molar-refractivity contribution in [1.29, 1.82) is 0 Å². The second kappa shape index (κ2) is 7.49. The molecule has 0 saturated heterocycles. The maximum absolute atomic E-state index is 12.3. The van der Waals surface area contributed by atoms with Crippen LogP contribution in [0.2, 0.25) is 0 Å². The third-order valence-corrected chi connectivity index (χ3v) is 4.85. The third kappa shape index (κ3) is 4.45. The number of anilines is 1. The number of aromatic nitrogens is 1. The molecule has 1 heterocycles. The number of benzene rings is 2. The Morgan fingerprint density at radius 3 is 2.48 bits per heavy atom. The van der Waals surface area contributed by atoms with Crippen molar-refractivity contribution in [2.24, 2.45) is 0 Å². The van der Waals surface area contributed by atoms with E-state index in [9.17, 15) is 4.79 Å². The lowest BCUT2D eigenvalue weighted by Gasteiger charge is -2.09. The van der Waals surface area contributed by atoms with E-state index >= 15 is 0 Å². The summed E-state index contributed by atoms with van der Waals surface area (Å²) in [7, 11) is 0. The lowest BCUT2D eigenvalue weighted by molar-refractivity contribution is 0.102. The number of thiazole rings is 1. The van der Waals surface area contributed by atoms with Crippen LogP contribution < -0.4 is 10.1 Å². The second-order valence-electron chi connectivity index (χ2n) is 5.95. The molecule has 0 unspecified atom stereocenters.